The lowest BCUT2D eigenvalue weighted by Crippen LogP contribution is -2.29. The highest BCUT2D eigenvalue weighted by molar-refractivity contribution is 5.93. The summed E-state index contributed by atoms with van der Waals surface area (Å²) in [6, 6.07) is 13.5. The summed E-state index contributed by atoms with van der Waals surface area (Å²) < 4.78 is 47.4. The standard InChI is InChI=1S/C19H15F3N2O4/c20-19(21,22)18(26)24-16-11-23-17(28-16)13-5-7-14(8-6-13)27-10-9-12-3-1-2-4-15(12)25/h1-8,11,25H,9-10H2,(H,24,26). The zero-order chi connectivity index (χ0) is 20.1. The summed E-state index contributed by atoms with van der Waals surface area (Å²) in [7, 11) is 0. The van der Waals surface area contributed by atoms with Crippen molar-refractivity contribution in [2.24, 2.45) is 0 Å². The van der Waals surface area contributed by atoms with Crippen LogP contribution in [0.3, 0.4) is 0 Å². The van der Waals surface area contributed by atoms with Gasteiger partial charge >= 0.3 is 12.1 Å². The third-order valence-electron chi connectivity index (χ3n) is 3.73. The molecule has 9 heteroatoms. The molecule has 0 aliphatic carbocycles. The van der Waals surface area contributed by atoms with Gasteiger partial charge in [0.15, 0.2) is 0 Å². The molecule has 2 aromatic carbocycles. The number of nitrogens with zero attached hydrogens (tertiary/aromatic N) is 1. The van der Waals surface area contributed by atoms with Crippen LogP contribution in [0.5, 0.6) is 11.5 Å². The van der Waals surface area contributed by atoms with Gasteiger partial charge < -0.3 is 14.3 Å². The monoisotopic (exact) mass is 392 g/mol. The number of hydrogen-bond acceptors (Lipinski definition) is 5. The second-order valence-corrected chi connectivity index (χ2v) is 5.73. The topological polar surface area (TPSA) is 84.6 Å². The number of aromatic nitrogens is 1. The van der Waals surface area contributed by atoms with Crippen molar-refractivity contribution in [1.29, 1.82) is 0 Å². The van der Waals surface area contributed by atoms with Crippen LogP contribution in [0.4, 0.5) is 19.1 Å². The lowest BCUT2D eigenvalue weighted by atomic mass is 10.1. The number of halogens is 3. The van der Waals surface area contributed by atoms with Crippen LogP contribution in [-0.4, -0.2) is 28.8 Å². The van der Waals surface area contributed by atoms with Gasteiger partial charge in [0.1, 0.15) is 11.5 Å². The third kappa shape index (κ3) is 4.81. The molecule has 1 heterocycles. The Bertz CT molecular complexity index is 952. The number of anilines is 1. The molecular weight excluding hydrogens is 377 g/mol. The maximum atomic E-state index is 12.2. The first kappa shape index (κ1) is 19.3. The summed E-state index contributed by atoms with van der Waals surface area (Å²) >= 11 is 0. The second kappa shape index (κ2) is 8.03. The number of phenols is 1. The summed E-state index contributed by atoms with van der Waals surface area (Å²) in [5.74, 6) is -1.71. The van der Waals surface area contributed by atoms with Crippen LogP contribution in [0.25, 0.3) is 11.5 Å². The molecular formula is C19H15F3N2O4. The van der Waals surface area contributed by atoms with Crippen LogP contribution in [-0.2, 0) is 11.2 Å². The Morgan fingerprint density at radius 3 is 2.54 bits per heavy atom. The number of phenolic OH excluding ortho intramolecular Hbond substituents is 1. The third-order valence-corrected chi connectivity index (χ3v) is 3.73. The van der Waals surface area contributed by atoms with Crippen LogP contribution in [0, 0.1) is 0 Å². The number of amides is 1. The number of ether oxygens (including phenoxy) is 1. The molecule has 0 spiro atoms. The summed E-state index contributed by atoms with van der Waals surface area (Å²) in [5, 5.41) is 11.3. The maximum Gasteiger partial charge on any atom is 0.471 e. The van der Waals surface area contributed by atoms with Gasteiger partial charge in [0, 0.05) is 12.0 Å². The predicted molar refractivity (Wildman–Crippen MR) is 93.9 cm³/mol. The fourth-order valence-corrected chi connectivity index (χ4v) is 2.34. The second-order valence-electron chi connectivity index (χ2n) is 5.73. The number of carbonyl (C=O) groups excluding carboxylic acids is 1. The van der Waals surface area contributed by atoms with E-state index in [1.807, 2.05) is 6.07 Å². The Balaban J connectivity index is 1.57. The minimum Gasteiger partial charge on any atom is -0.508 e. The Labute approximate surface area is 157 Å². The van der Waals surface area contributed by atoms with Gasteiger partial charge in [-0.3, -0.25) is 10.1 Å². The summed E-state index contributed by atoms with van der Waals surface area (Å²) in [6.45, 7) is 0.351. The van der Waals surface area contributed by atoms with Gasteiger partial charge in [-0.15, -0.1) is 0 Å². The van der Waals surface area contributed by atoms with Gasteiger partial charge in [0.05, 0.1) is 12.8 Å². The van der Waals surface area contributed by atoms with Gasteiger partial charge in [-0.05, 0) is 35.9 Å². The van der Waals surface area contributed by atoms with E-state index in [9.17, 15) is 23.1 Å². The molecule has 1 aromatic heterocycles. The van der Waals surface area contributed by atoms with Gasteiger partial charge in [-0.2, -0.15) is 13.2 Å². The van der Waals surface area contributed by atoms with E-state index >= 15 is 0 Å². The van der Waals surface area contributed by atoms with Crippen molar-refractivity contribution in [2.75, 3.05) is 11.9 Å². The Hall–Kier alpha value is -3.49. The molecule has 0 fully saturated rings. The lowest BCUT2D eigenvalue weighted by Gasteiger charge is -2.08. The number of rotatable bonds is 6. The molecule has 3 aromatic rings. The van der Waals surface area contributed by atoms with E-state index < -0.39 is 18.0 Å². The highest BCUT2D eigenvalue weighted by atomic mass is 19.4. The number of hydrogen-bond donors (Lipinski definition) is 2. The minimum atomic E-state index is -5.01. The number of aromatic hydroxyl groups is 1. The molecule has 0 aliphatic heterocycles. The van der Waals surface area contributed by atoms with Crippen molar-refractivity contribution >= 4 is 11.8 Å². The minimum absolute atomic E-state index is 0.0539. The summed E-state index contributed by atoms with van der Waals surface area (Å²) in [5.41, 5.74) is 1.27. The fourth-order valence-electron chi connectivity index (χ4n) is 2.34. The van der Waals surface area contributed by atoms with Crippen molar-refractivity contribution in [2.45, 2.75) is 12.6 Å². The molecule has 3 rings (SSSR count). The first-order valence-corrected chi connectivity index (χ1v) is 8.17. The van der Waals surface area contributed by atoms with Gasteiger partial charge in [-0.1, -0.05) is 18.2 Å². The molecule has 28 heavy (non-hydrogen) atoms. The van der Waals surface area contributed by atoms with Gasteiger partial charge in [-0.25, -0.2) is 4.98 Å². The highest BCUT2D eigenvalue weighted by Crippen LogP contribution is 2.25. The smallest absolute Gasteiger partial charge is 0.471 e. The lowest BCUT2D eigenvalue weighted by molar-refractivity contribution is -0.167. The van der Waals surface area contributed by atoms with E-state index in [0.29, 0.717) is 24.3 Å². The quantitative estimate of drug-likeness (QED) is 0.658. The van der Waals surface area contributed by atoms with Crippen LogP contribution in [0.2, 0.25) is 0 Å². The number of nitrogens with one attached hydrogen (secondary N) is 1. The molecule has 0 unspecified atom stereocenters. The van der Waals surface area contributed by atoms with E-state index in [4.69, 9.17) is 9.15 Å². The Morgan fingerprint density at radius 1 is 1.14 bits per heavy atom. The van der Waals surface area contributed by atoms with E-state index in [-0.39, 0.29) is 11.6 Å². The van der Waals surface area contributed by atoms with Crippen molar-refractivity contribution in [3.05, 3.63) is 60.3 Å². The van der Waals surface area contributed by atoms with Crippen LogP contribution < -0.4 is 10.1 Å². The first-order valence-electron chi connectivity index (χ1n) is 8.17. The zero-order valence-electron chi connectivity index (χ0n) is 14.4. The molecule has 0 radical (unpaired) electrons. The Morgan fingerprint density at radius 2 is 1.86 bits per heavy atom. The molecule has 2 N–H and O–H groups in total. The molecule has 0 aliphatic rings. The average Bonchev–Trinajstić information content (AvgIpc) is 3.11. The van der Waals surface area contributed by atoms with Crippen molar-refractivity contribution in [1.82, 2.24) is 4.98 Å². The van der Waals surface area contributed by atoms with Crippen LogP contribution in [0.15, 0.2) is 59.1 Å². The molecule has 1 amide bonds. The number of para-hydroxylation sites is 1. The summed E-state index contributed by atoms with van der Waals surface area (Å²) in [4.78, 5) is 14.7. The zero-order valence-corrected chi connectivity index (χ0v) is 14.4. The molecule has 6 nitrogen and oxygen atoms in total. The first-order chi connectivity index (χ1) is 13.3. The van der Waals surface area contributed by atoms with Gasteiger partial charge in [0.2, 0.25) is 11.8 Å². The maximum absolute atomic E-state index is 12.2. The normalized spacial score (nSPS) is 11.2. The number of alkyl halides is 3. The average molecular weight is 392 g/mol. The van der Waals surface area contributed by atoms with E-state index in [1.54, 1.807) is 47.8 Å². The van der Waals surface area contributed by atoms with Gasteiger partial charge in [0.25, 0.3) is 0 Å². The molecule has 0 bridgehead atoms. The molecule has 0 saturated heterocycles. The summed E-state index contributed by atoms with van der Waals surface area (Å²) in [6.07, 6.45) is -3.49. The van der Waals surface area contributed by atoms with E-state index in [2.05, 4.69) is 4.98 Å². The van der Waals surface area contributed by atoms with Crippen LogP contribution in [0.1, 0.15) is 5.56 Å². The number of oxazole rings is 1. The fraction of sp³-hybridized carbons (Fsp3) is 0.158. The van der Waals surface area contributed by atoms with E-state index in [1.165, 1.54) is 0 Å². The van der Waals surface area contributed by atoms with Crippen molar-refractivity contribution in [3.63, 3.8) is 0 Å². The predicted octanol–water partition coefficient (Wildman–Crippen LogP) is 4.17. The van der Waals surface area contributed by atoms with Crippen molar-refractivity contribution < 1.29 is 32.2 Å². The van der Waals surface area contributed by atoms with Crippen LogP contribution >= 0.6 is 0 Å². The number of carbonyl (C=O) groups is 1. The SMILES string of the molecule is O=C(Nc1cnc(-c2ccc(OCCc3ccccc3O)cc2)o1)C(F)(F)F. The molecule has 0 atom stereocenters. The highest BCUT2D eigenvalue weighted by Gasteiger charge is 2.39. The van der Waals surface area contributed by atoms with Crippen molar-refractivity contribution in [3.8, 4) is 23.0 Å². The largest absolute Gasteiger partial charge is 0.508 e. The Kier molecular flexibility index (Phi) is 5.53. The number of benzene rings is 2. The van der Waals surface area contributed by atoms with E-state index in [0.717, 1.165) is 11.8 Å². The molecule has 0 saturated carbocycles. The molecule has 146 valence electrons.